The number of nitrogens with two attached hydrogens (primary N) is 1. The minimum atomic E-state index is -4.86. The van der Waals surface area contributed by atoms with Gasteiger partial charge in [-0.2, -0.15) is 0 Å². The maximum Gasteiger partial charge on any atom is 0.469 e. The molecule has 0 fully saturated rings. The van der Waals surface area contributed by atoms with E-state index < -0.39 is 53.2 Å². The predicted octanol–water partition coefficient (Wildman–Crippen LogP) is -3.38. The Labute approximate surface area is 113 Å². The van der Waals surface area contributed by atoms with Gasteiger partial charge in [0.15, 0.2) is 0 Å². The van der Waals surface area contributed by atoms with Crippen LogP contribution in [0.4, 0.5) is 0 Å². The molecule has 0 aromatic carbocycles. The average molecular weight is 341 g/mol. The molecule has 0 aliphatic carbocycles. The number of hydrogen-bond acceptors (Lipinski definition) is 8. The molecule has 12 nitrogen and oxygen atoms in total. The van der Waals surface area contributed by atoms with Crippen LogP contribution in [0.15, 0.2) is 0 Å². The monoisotopic (exact) mass is 341 g/mol. The first-order valence-corrected chi connectivity index (χ1v) is 8.09. The normalized spacial score (nSPS) is 19.4. The van der Waals surface area contributed by atoms with Crippen molar-refractivity contribution in [1.82, 2.24) is 0 Å². The van der Waals surface area contributed by atoms with Crippen molar-refractivity contribution in [3.05, 3.63) is 0 Å². The molecule has 0 spiro atoms. The Kier molecular flexibility index (Phi) is 7.92. The maximum absolute atomic E-state index is 10.4. The Hall–Kier alpha value is 0.0600. The van der Waals surface area contributed by atoms with Gasteiger partial charge in [0.05, 0.1) is 25.4 Å². The number of aliphatic hydroxyl groups is 3. The number of phosphoric acid groups is 2. The first-order valence-electron chi connectivity index (χ1n) is 5.03. The lowest BCUT2D eigenvalue weighted by Gasteiger charge is -2.27. The van der Waals surface area contributed by atoms with Crippen LogP contribution in [0.3, 0.4) is 0 Å². The van der Waals surface area contributed by atoms with Crippen molar-refractivity contribution in [3.63, 3.8) is 0 Å². The zero-order valence-electron chi connectivity index (χ0n) is 9.96. The van der Waals surface area contributed by atoms with Gasteiger partial charge in [-0.3, -0.25) is 9.05 Å². The van der Waals surface area contributed by atoms with Crippen molar-refractivity contribution in [2.24, 2.45) is 5.73 Å². The van der Waals surface area contributed by atoms with Gasteiger partial charge in [0.2, 0.25) is 0 Å². The van der Waals surface area contributed by atoms with Crippen LogP contribution in [-0.4, -0.2) is 72.5 Å². The summed E-state index contributed by atoms with van der Waals surface area (Å²) in [4.78, 5) is 33.6. The standard InChI is InChI=1S/C6H17NO11P2/c7-3(1-17-19(11,12)13)5(9)6(10)4(8)2-18-20(14,15)16/h3-6,8-10H,1-2,7H2,(H2,11,12,13)(H2,14,15,16)/t3-,4-,5-,6-/m1/s1. The van der Waals surface area contributed by atoms with E-state index in [2.05, 4.69) is 9.05 Å². The average Bonchev–Trinajstić information content (AvgIpc) is 2.29. The molecule has 0 bridgehead atoms. The Morgan fingerprint density at radius 1 is 0.850 bits per heavy atom. The molecule has 0 amide bonds. The zero-order valence-corrected chi connectivity index (χ0v) is 11.7. The highest BCUT2D eigenvalue weighted by Gasteiger charge is 2.32. The highest BCUT2D eigenvalue weighted by atomic mass is 31.2. The van der Waals surface area contributed by atoms with Gasteiger partial charge < -0.3 is 40.6 Å². The number of aliphatic hydroxyl groups excluding tert-OH is 3. The largest absolute Gasteiger partial charge is 0.469 e. The third-order valence-corrected chi connectivity index (χ3v) is 3.00. The molecular formula is C6H17NO11P2. The van der Waals surface area contributed by atoms with Crippen LogP contribution >= 0.6 is 15.6 Å². The molecule has 0 radical (unpaired) electrons. The number of hydrogen-bond donors (Lipinski definition) is 8. The van der Waals surface area contributed by atoms with Crippen LogP contribution < -0.4 is 5.73 Å². The van der Waals surface area contributed by atoms with Gasteiger partial charge >= 0.3 is 15.6 Å². The van der Waals surface area contributed by atoms with E-state index in [1.807, 2.05) is 0 Å². The maximum atomic E-state index is 10.4. The van der Waals surface area contributed by atoms with E-state index in [9.17, 15) is 24.4 Å². The Bertz CT molecular complexity index is 343. The van der Waals surface area contributed by atoms with E-state index in [0.29, 0.717) is 0 Å². The van der Waals surface area contributed by atoms with Gasteiger partial charge in [-0.15, -0.1) is 0 Å². The van der Waals surface area contributed by atoms with E-state index in [0.717, 1.165) is 0 Å². The van der Waals surface area contributed by atoms with Gasteiger partial charge in [-0.25, -0.2) is 9.13 Å². The lowest BCUT2D eigenvalue weighted by Crippen LogP contribution is -2.51. The van der Waals surface area contributed by atoms with Crippen LogP contribution in [0.1, 0.15) is 0 Å². The van der Waals surface area contributed by atoms with Gasteiger partial charge in [0.1, 0.15) is 12.2 Å². The van der Waals surface area contributed by atoms with Crippen LogP contribution in [0.25, 0.3) is 0 Å². The van der Waals surface area contributed by atoms with Crippen molar-refractivity contribution < 1.29 is 53.1 Å². The number of phosphoric ester groups is 2. The first-order chi connectivity index (χ1) is 8.83. The molecule has 0 unspecified atom stereocenters. The molecule has 0 aliphatic rings. The highest BCUT2D eigenvalue weighted by Crippen LogP contribution is 2.36. The second-order valence-electron chi connectivity index (χ2n) is 3.79. The van der Waals surface area contributed by atoms with E-state index in [4.69, 9.17) is 25.3 Å². The van der Waals surface area contributed by atoms with Crippen molar-refractivity contribution in [1.29, 1.82) is 0 Å². The minimum Gasteiger partial charge on any atom is -0.389 e. The van der Waals surface area contributed by atoms with Crippen LogP contribution in [0.5, 0.6) is 0 Å². The summed E-state index contributed by atoms with van der Waals surface area (Å²) in [5.74, 6) is 0. The van der Waals surface area contributed by atoms with Crippen LogP contribution in [-0.2, 0) is 18.2 Å². The smallest absolute Gasteiger partial charge is 0.389 e. The van der Waals surface area contributed by atoms with Gasteiger partial charge in [-0.05, 0) is 0 Å². The topological polar surface area (TPSA) is 220 Å². The second-order valence-corrected chi connectivity index (χ2v) is 6.26. The molecule has 0 aromatic heterocycles. The van der Waals surface area contributed by atoms with Gasteiger partial charge in [0.25, 0.3) is 0 Å². The second kappa shape index (κ2) is 7.90. The molecule has 9 N–H and O–H groups in total. The van der Waals surface area contributed by atoms with E-state index in [-0.39, 0.29) is 0 Å². The first kappa shape index (κ1) is 20.1. The summed E-state index contributed by atoms with van der Waals surface area (Å²) in [5, 5.41) is 28.2. The fourth-order valence-corrected chi connectivity index (χ4v) is 1.75. The van der Waals surface area contributed by atoms with Crippen molar-refractivity contribution in [2.45, 2.75) is 24.4 Å². The lowest BCUT2D eigenvalue weighted by molar-refractivity contribution is -0.0860. The summed E-state index contributed by atoms with van der Waals surface area (Å²) in [6.45, 7) is -1.82. The van der Waals surface area contributed by atoms with Gasteiger partial charge in [-0.1, -0.05) is 0 Å². The van der Waals surface area contributed by atoms with Crippen molar-refractivity contribution in [2.75, 3.05) is 13.2 Å². The highest BCUT2D eigenvalue weighted by molar-refractivity contribution is 7.46. The molecule has 4 atom stereocenters. The van der Waals surface area contributed by atoms with Crippen molar-refractivity contribution in [3.8, 4) is 0 Å². The summed E-state index contributed by atoms with van der Waals surface area (Å²) in [5.41, 5.74) is 5.26. The lowest BCUT2D eigenvalue weighted by atomic mass is 10.0. The quantitative estimate of drug-likeness (QED) is 0.192. The van der Waals surface area contributed by atoms with Crippen LogP contribution in [0, 0.1) is 0 Å². The summed E-state index contributed by atoms with van der Waals surface area (Å²) < 4.78 is 28.6. The SMILES string of the molecule is N[C@H](COP(=O)(O)O)[C@@H](O)[C@H](O)[C@H](O)COP(=O)(O)O. The summed E-state index contributed by atoms with van der Waals surface area (Å²) in [6, 6.07) is -1.47. The van der Waals surface area contributed by atoms with E-state index in [1.54, 1.807) is 0 Å². The fourth-order valence-electron chi connectivity index (χ4n) is 1.03. The fraction of sp³-hybridized carbons (Fsp3) is 1.00. The third kappa shape index (κ3) is 9.08. The molecule has 20 heavy (non-hydrogen) atoms. The number of rotatable bonds is 9. The molecule has 0 saturated heterocycles. The molecule has 14 heteroatoms. The molecule has 0 aliphatic heterocycles. The summed E-state index contributed by atoms with van der Waals surface area (Å²) in [6.07, 6.45) is -5.74. The third-order valence-electron chi connectivity index (χ3n) is 2.03. The van der Waals surface area contributed by atoms with Gasteiger partial charge in [0, 0.05) is 0 Å². The Morgan fingerprint density at radius 3 is 1.65 bits per heavy atom. The minimum absolute atomic E-state index is 0.825. The Balaban J connectivity index is 4.34. The van der Waals surface area contributed by atoms with E-state index >= 15 is 0 Å². The summed E-state index contributed by atoms with van der Waals surface area (Å²) in [7, 11) is -9.67. The predicted molar refractivity (Wildman–Crippen MR) is 62.0 cm³/mol. The molecule has 122 valence electrons. The molecule has 0 aromatic rings. The Morgan fingerprint density at radius 2 is 1.25 bits per heavy atom. The summed E-state index contributed by atoms with van der Waals surface area (Å²) >= 11 is 0. The van der Waals surface area contributed by atoms with Crippen LogP contribution in [0.2, 0.25) is 0 Å². The zero-order chi connectivity index (χ0) is 16.1. The van der Waals surface area contributed by atoms with E-state index in [1.165, 1.54) is 0 Å². The molecule has 0 rings (SSSR count). The molecule has 0 saturated carbocycles. The molecule has 0 heterocycles. The van der Waals surface area contributed by atoms with Crippen molar-refractivity contribution >= 4 is 15.6 Å². The molecular weight excluding hydrogens is 324 g/mol.